The molecular formula is C44H46N4O6. The van der Waals surface area contributed by atoms with Gasteiger partial charge in [-0.2, -0.15) is 0 Å². The second-order valence-electron chi connectivity index (χ2n) is 14.6. The minimum atomic E-state index is -0.102. The maximum Gasteiger partial charge on any atom is 0.257 e. The van der Waals surface area contributed by atoms with Crippen LogP contribution in [0.5, 0.6) is 17.2 Å². The summed E-state index contributed by atoms with van der Waals surface area (Å²) in [4.78, 5) is 40.8. The van der Waals surface area contributed by atoms with Gasteiger partial charge in [-0.1, -0.05) is 42.5 Å². The predicted octanol–water partition coefficient (Wildman–Crippen LogP) is 7.12. The zero-order chi connectivity index (χ0) is 37.2. The maximum atomic E-state index is 13.8. The molecule has 4 aromatic rings. The van der Waals surface area contributed by atoms with Crippen LogP contribution < -0.4 is 14.2 Å². The van der Waals surface area contributed by atoms with E-state index in [-0.39, 0.29) is 30.5 Å². The quantitative estimate of drug-likeness (QED) is 0.156. The highest BCUT2D eigenvalue weighted by molar-refractivity contribution is 6.04. The Hall–Kier alpha value is -5.48. The van der Waals surface area contributed by atoms with Crippen LogP contribution in [0.25, 0.3) is 0 Å². The van der Waals surface area contributed by atoms with Crippen molar-refractivity contribution in [2.75, 3.05) is 26.9 Å². The van der Waals surface area contributed by atoms with E-state index >= 15 is 0 Å². The Bertz CT molecular complexity index is 2140. The van der Waals surface area contributed by atoms with Crippen molar-refractivity contribution in [1.82, 2.24) is 9.80 Å². The van der Waals surface area contributed by atoms with E-state index in [9.17, 15) is 14.7 Å². The second kappa shape index (κ2) is 15.5. The number of hydrogen-bond donors (Lipinski definition) is 1. The smallest absolute Gasteiger partial charge is 0.257 e. The highest BCUT2D eigenvalue weighted by atomic mass is 16.5. The summed E-state index contributed by atoms with van der Waals surface area (Å²) in [7, 11) is 1.59. The third kappa shape index (κ3) is 7.10. The number of methoxy groups -OCH3 is 1. The van der Waals surface area contributed by atoms with E-state index in [1.807, 2.05) is 59.5 Å². The molecule has 4 heterocycles. The van der Waals surface area contributed by atoms with Crippen molar-refractivity contribution in [3.05, 3.63) is 111 Å². The molecule has 8 rings (SSSR count). The van der Waals surface area contributed by atoms with Crippen molar-refractivity contribution in [2.24, 2.45) is 9.98 Å². The monoisotopic (exact) mass is 726 g/mol. The number of fused-ring (bicyclic) bond motifs is 6. The first-order valence-electron chi connectivity index (χ1n) is 19.0. The molecule has 0 aromatic heterocycles. The number of nitrogens with zero attached hydrogens (tertiary/aromatic N) is 4. The molecule has 4 aliphatic heterocycles. The zero-order valence-corrected chi connectivity index (χ0v) is 30.9. The summed E-state index contributed by atoms with van der Waals surface area (Å²) < 4.78 is 18.0. The summed E-state index contributed by atoms with van der Waals surface area (Å²) in [5.41, 5.74) is 9.26. The normalized spacial score (nSPS) is 18.1. The number of rotatable bonds is 12. The number of benzene rings is 4. The minimum absolute atomic E-state index is 0.0140. The summed E-state index contributed by atoms with van der Waals surface area (Å²) in [6, 6.07) is 21.9. The van der Waals surface area contributed by atoms with Gasteiger partial charge in [0.05, 0.1) is 54.9 Å². The molecule has 54 heavy (non-hydrogen) atoms. The lowest BCUT2D eigenvalue weighted by atomic mass is 9.91. The Kier molecular flexibility index (Phi) is 10.2. The van der Waals surface area contributed by atoms with Crippen LogP contribution in [0.3, 0.4) is 0 Å². The molecule has 2 amide bonds. The second-order valence-corrected chi connectivity index (χ2v) is 14.6. The summed E-state index contributed by atoms with van der Waals surface area (Å²) in [5.74, 6) is 1.75. The highest BCUT2D eigenvalue weighted by Crippen LogP contribution is 2.39. The third-order valence-electron chi connectivity index (χ3n) is 11.0. The molecule has 0 aliphatic carbocycles. The molecule has 4 aliphatic rings. The Morgan fingerprint density at radius 2 is 1.30 bits per heavy atom. The number of carbonyl (C=O) groups is 2. The first kappa shape index (κ1) is 35.5. The Balaban J connectivity index is 0.845. The molecule has 10 heteroatoms. The van der Waals surface area contributed by atoms with E-state index in [0.717, 1.165) is 56.3 Å². The molecule has 0 unspecified atom stereocenters. The average Bonchev–Trinajstić information content (AvgIpc) is 3.40. The first-order chi connectivity index (χ1) is 26.4. The number of aliphatic imine (C=N–C) groups is 2. The number of carbonyl (C=O) groups excluding carboxylic acids is 2. The van der Waals surface area contributed by atoms with Crippen molar-refractivity contribution in [1.29, 1.82) is 0 Å². The molecule has 4 aromatic carbocycles. The highest BCUT2D eigenvalue weighted by Gasteiger charge is 2.34. The van der Waals surface area contributed by atoms with E-state index < -0.39 is 0 Å². The number of aliphatic hydroxyl groups is 1. The molecule has 0 radical (unpaired) electrons. The van der Waals surface area contributed by atoms with Crippen LogP contribution in [-0.4, -0.2) is 78.2 Å². The van der Waals surface area contributed by atoms with E-state index in [2.05, 4.69) is 30.3 Å². The lowest BCUT2D eigenvalue weighted by molar-refractivity contribution is 0.0696. The van der Waals surface area contributed by atoms with Crippen molar-refractivity contribution in [3.63, 3.8) is 0 Å². The van der Waals surface area contributed by atoms with Crippen LogP contribution in [0.4, 0.5) is 11.4 Å². The maximum absolute atomic E-state index is 13.8. The molecule has 0 saturated heterocycles. The third-order valence-corrected chi connectivity index (χ3v) is 11.0. The fourth-order valence-electron chi connectivity index (χ4n) is 7.96. The van der Waals surface area contributed by atoms with Crippen molar-refractivity contribution < 1.29 is 28.9 Å². The van der Waals surface area contributed by atoms with Crippen LogP contribution in [0.2, 0.25) is 0 Å². The molecule has 0 saturated carbocycles. The largest absolute Gasteiger partial charge is 0.493 e. The SMILES string of the molecule is COc1cc2c(cc1OCCCCCOc1cc3c(cc1C)C(=O)N1Cc4cc(CCCO)ccc4C[C@H]1C=N3)N=C[C@@H]1Cc3ccccc3CN1C2=O. The van der Waals surface area contributed by atoms with E-state index in [1.165, 1.54) is 27.8 Å². The van der Waals surface area contributed by atoms with Crippen molar-refractivity contribution >= 4 is 35.6 Å². The fraction of sp³-hybridized carbons (Fsp3) is 0.364. The lowest BCUT2D eigenvalue weighted by Crippen LogP contribution is -2.44. The summed E-state index contributed by atoms with van der Waals surface area (Å²) >= 11 is 0. The Labute approximate surface area is 316 Å². The average molecular weight is 727 g/mol. The molecule has 1 N–H and O–H groups in total. The van der Waals surface area contributed by atoms with Crippen molar-refractivity contribution in [2.45, 2.75) is 77.0 Å². The number of hydrogen-bond acceptors (Lipinski definition) is 8. The van der Waals surface area contributed by atoms with Crippen LogP contribution >= 0.6 is 0 Å². The molecule has 0 fully saturated rings. The van der Waals surface area contributed by atoms with E-state index in [1.54, 1.807) is 13.2 Å². The van der Waals surface area contributed by atoms with Gasteiger partial charge in [-0.3, -0.25) is 19.6 Å². The van der Waals surface area contributed by atoms with Crippen molar-refractivity contribution in [3.8, 4) is 17.2 Å². The van der Waals surface area contributed by atoms with Gasteiger partial charge in [0.25, 0.3) is 11.8 Å². The Morgan fingerprint density at radius 3 is 1.98 bits per heavy atom. The van der Waals surface area contributed by atoms with Gasteiger partial charge in [-0.25, -0.2) is 0 Å². The molecule has 2 atom stereocenters. The summed E-state index contributed by atoms with van der Waals surface area (Å²) in [5, 5.41) is 9.25. The summed E-state index contributed by atoms with van der Waals surface area (Å²) in [6.07, 6.45) is 9.33. The van der Waals surface area contributed by atoms with Crippen LogP contribution in [-0.2, 0) is 32.4 Å². The Morgan fingerprint density at radius 1 is 0.685 bits per heavy atom. The molecule has 0 bridgehead atoms. The van der Waals surface area contributed by atoms with E-state index in [0.29, 0.717) is 60.3 Å². The molecular weight excluding hydrogens is 681 g/mol. The lowest BCUT2D eigenvalue weighted by Gasteiger charge is -2.34. The van der Waals surface area contributed by atoms with Crippen LogP contribution in [0.1, 0.15) is 79.8 Å². The number of aliphatic hydroxyl groups excluding tert-OH is 1. The summed E-state index contributed by atoms with van der Waals surface area (Å²) in [6.45, 7) is 4.25. The van der Waals surface area contributed by atoms with Gasteiger partial charge in [0, 0.05) is 44.3 Å². The van der Waals surface area contributed by atoms with Gasteiger partial charge >= 0.3 is 0 Å². The minimum Gasteiger partial charge on any atom is -0.493 e. The van der Waals surface area contributed by atoms with Gasteiger partial charge in [-0.05, 0) is 97.4 Å². The zero-order valence-electron chi connectivity index (χ0n) is 30.9. The van der Waals surface area contributed by atoms with Gasteiger partial charge in [0.15, 0.2) is 11.5 Å². The van der Waals surface area contributed by atoms with Gasteiger partial charge < -0.3 is 29.1 Å². The number of ether oxygens (including phenoxy) is 3. The topological polar surface area (TPSA) is 113 Å². The fourth-order valence-corrected chi connectivity index (χ4v) is 7.96. The van der Waals surface area contributed by atoms with E-state index in [4.69, 9.17) is 24.2 Å². The number of aryl methyl sites for hydroxylation is 2. The van der Waals surface area contributed by atoms with Gasteiger partial charge in [0.1, 0.15) is 5.75 Å². The van der Waals surface area contributed by atoms with Gasteiger partial charge in [0.2, 0.25) is 0 Å². The number of amides is 2. The molecule has 278 valence electrons. The first-order valence-corrected chi connectivity index (χ1v) is 19.0. The number of unbranched alkanes of at least 4 members (excludes halogenated alkanes) is 2. The molecule has 10 nitrogen and oxygen atoms in total. The van der Waals surface area contributed by atoms with Crippen LogP contribution in [0.15, 0.2) is 76.7 Å². The predicted molar refractivity (Wildman–Crippen MR) is 208 cm³/mol. The standard InChI is InChI=1S/C44H46N4O6/c1-28-17-36-38(45-25-35-20-31-13-12-29(9-8-14-49)18-33(31)27-48(35)43(36)50)22-40(28)53-15-6-3-7-16-54-42-23-39-37(21-41(42)52-2)44(51)47-26-32-11-5-4-10-30(32)19-34(47)24-46-39/h4-5,10-13,17-18,21-25,34-35,49H,3,6-9,14-16,19-20,26-27H2,1-2H3/t34-,35-/m0/s1. The van der Waals surface area contributed by atoms with Crippen LogP contribution in [0, 0.1) is 6.92 Å². The van der Waals surface area contributed by atoms with Gasteiger partial charge in [-0.15, -0.1) is 0 Å². The molecule has 0 spiro atoms.